The highest BCUT2D eigenvalue weighted by Gasteiger charge is 2.32. The number of carbonyl (C=O) groups is 1. The van der Waals surface area contributed by atoms with Gasteiger partial charge in [-0.15, -0.1) is 5.10 Å². The van der Waals surface area contributed by atoms with Crippen molar-refractivity contribution in [3.63, 3.8) is 0 Å². The van der Waals surface area contributed by atoms with E-state index in [0.29, 0.717) is 23.9 Å². The van der Waals surface area contributed by atoms with Crippen molar-refractivity contribution in [3.8, 4) is 17.2 Å². The van der Waals surface area contributed by atoms with Crippen LogP contribution in [0.25, 0.3) is 5.69 Å². The highest BCUT2D eigenvalue weighted by Crippen LogP contribution is 2.40. The zero-order valence-electron chi connectivity index (χ0n) is 17.8. The summed E-state index contributed by atoms with van der Waals surface area (Å²) in [5, 5.41) is 12.3. The number of para-hydroxylation sites is 1. The lowest BCUT2D eigenvalue weighted by Gasteiger charge is -2.36. The summed E-state index contributed by atoms with van der Waals surface area (Å²) in [6.45, 7) is 1.23. The van der Waals surface area contributed by atoms with Gasteiger partial charge in [0, 0.05) is 12.6 Å². The maximum atomic E-state index is 12.3. The summed E-state index contributed by atoms with van der Waals surface area (Å²) < 4.78 is 17.7. The van der Waals surface area contributed by atoms with Crippen molar-refractivity contribution in [1.82, 2.24) is 25.1 Å². The molecular weight excluding hydrogens is 398 g/mol. The molecular formula is C22H25N5O4. The molecule has 2 aromatic carbocycles. The molecule has 1 aromatic heterocycles. The van der Waals surface area contributed by atoms with Crippen LogP contribution in [0.15, 0.2) is 42.5 Å². The highest BCUT2D eigenvalue weighted by molar-refractivity contribution is 5.70. The number of rotatable bonds is 7. The third kappa shape index (κ3) is 4.22. The fraction of sp³-hybridized carbons (Fsp3) is 0.364. The minimum atomic E-state index is -0.278. The van der Waals surface area contributed by atoms with Gasteiger partial charge in [-0.1, -0.05) is 18.2 Å². The van der Waals surface area contributed by atoms with Crippen molar-refractivity contribution in [2.24, 2.45) is 0 Å². The van der Waals surface area contributed by atoms with Gasteiger partial charge in [-0.3, -0.25) is 9.69 Å². The van der Waals surface area contributed by atoms with Gasteiger partial charge in [0.15, 0.2) is 17.3 Å². The van der Waals surface area contributed by atoms with E-state index >= 15 is 0 Å². The number of methoxy groups -OCH3 is 3. The second kappa shape index (κ2) is 9.13. The Balaban J connectivity index is 1.69. The Hall–Kier alpha value is -3.46. The smallest absolute Gasteiger partial charge is 0.307 e. The van der Waals surface area contributed by atoms with Gasteiger partial charge >= 0.3 is 5.97 Å². The van der Waals surface area contributed by atoms with Crippen molar-refractivity contribution >= 4 is 5.97 Å². The number of benzene rings is 2. The lowest BCUT2D eigenvalue weighted by Crippen LogP contribution is -2.37. The minimum absolute atomic E-state index is 0.197. The summed E-state index contributed by atoms with van der Waals surface area (Å²) in [6.07, 6.45) is 1.02. The fourth-order valence-corrected chi connectivity index (χ4v) is 4.01. The second-order valence-electron chi connectivity index (χ2n) is 7.27. The Morgan fingerprint density at radius 1 is 1.10 bits per heavy atom. The SMILES string of the molecule is COC(=O)C[C@H]1c2cc(OC)c(OC)cc2CCN1Cc1nnnn1-c1ccccc1. The zero-order valence-corrected chi connectivity index (χ0v) is 17.8. The third-order valence-electron chi connectivity index (χ3n) is 5.58. The van der Waals surface area contributed by atoms with E-state index in [9.17, 15) is 4.79 Å². The molecule has 3 aromatic rings. The van der Waals surface area contributed by atoms with Gasteiger partial charge in [-0.25, -0.2) is 0 Å². The molecule has 9 heteroatoms. The largest absolute Gasteiger partial charge is 0.493 e. The number of fused-ring (bicyclic) bond motifs is 1. The van der Waals surface area contributed by atoms with Crippen molar-refractivity contribution < 1.29 is 19.0 Å². The number of carbonyl (C=O) groups excluding carboxylic acids is 1. The number of nitrogens with zero attached hydrogens (tertiary/aromatic N) is 5. The van der Waals surface area contributed by atoms with E-state index < -0.39 is 0 Å². The molecule has 0 saturated carbocycles. The number of esters is 1. The molecule has 0 bridgehead atoms. The summed E-state index contributed by atoms with van der Waals surface area (Å²) in [5.41, 5.74) is 3.04. The van der Waals surface area contributed by atoms with Gasteiger partial charge in [0.1, 0.15) is 0 Å². The molecule has 0 N–H and O–H groups in total. The number of aromatic nitrogens is 4. The van der Waals surface area contributed by atoms with Crippen LogP contribution in [0.1, 0.15) is 29.4 Å². The van der Waals surface area contributed by atoms with E-state index in [2.05, 4.69) is 20.4 Å². The Morgan fingerprint density at radius 2 is 1.84 bits per heavy atom. The molecule has 162 valence electrons. The molecule has 0 aliphatic carbocycles. The average Bonchev–Trinajstić information content (AvgIpc) is 3.28. The maximum absolute atomic E-state index is 12.3. The predicted molar refractivity (Wildman–Crippen MR) is 112 cm³/mol. The molecule has 9 nitrogen and oxygen atoms in total. The van der Waals surface area contributed by atoms with Crippen LogP contribution in [0.5, 0.6) is 11.5 Å². The number of tetrazole rings is 1. The summed E-state index contributed by atoms with van der Waals surface area (Å²) >= 11 is 0. The number of hydrogen-bond acceptors (Lipinski definition) is 8. The molecule has 0 unspecified atom stereocenters. The van der Waals surface area contributed by atoms with Crippen molar-refractivity contribution in [2.75, 3.05) is 27.9 Å². The van der Waals surface area contributed by atoms with Crippen LogP contribution in [-0.2, 0) is 22.5 Å². The highest BCUT2D eigenvalue weighted by atomic mass is 16.5. The van der Waals surface area contributed by atoms with Gasteiger partial charge in [0.25, 0.3) is 0 Å². The molecule has 2 heterocycles. The normalized spacial score (nSPS) is 15.9. The summed E-state index contributed by atoms with van der Waals surface area (Å²) in [4.78, 5) is 14.5. The Kier molecular flexibility index (Phi) is 6.13. The second-order valence-corrected chi connectivity index (χ2v) is 7.27. The van der Waals surface area contributed by atoms with Crippen LogP contribution in [0, 0.1) is 0 Å². The lowest BCUT2D eigenvalue weighted by atomic mass is 9.90. The molecule has 0 saturated heterocycles. The van der Waals surface area contributed by atoms with Crippen LogP contribution in [0.4, 0.5) is 0 Å². The molecule has 4 rings (SSSR count). The van der Waals surface area contributed by atoms with Gasteiger partial charge in [0.2, 0.25) is 0 Å². The van der Waals surface area contributed by atoms with E-state index in [-0.39, 0.29) is 18.4 Å². The first kappa shape index (κ1) is 20.8. The average molecular weight is 423 g/mol. The Labute approximate surface area is 180 Å². The standard InChI is InChI=1S/C22H25N5O4/c1-29-19-11-15-9-10-26(18(13-22(28)31-3)17(15)12-20(19)30-2)14-21-23-24-25-27(21)16-7-5-4-6-8-16/h4-8,11-12,18H,9-10,13-14H2,1-3H3/t18-/m0/s1. The third-order valence-corrected chi connectivity index (χ3v) is 5.58. The summed E-state index contributed by atoms with van der Waals surface area (Å²) in [6, 6.07) is 13.5. The monoisotopic (exact) mass is 423 g/mol. The first-order valence-corrected chi connectivity index (χ1v) is 10.0. The molecule has 1 aliphatic rings. The maximum Gasteiger partial charge on any atom is 0.307 e. The van der Waals surface area contributed by atoms with Gasteiger partial charge < -0.3 is 14.2 Å². The zero-order chi connectivity index (χ0) is 21.8. The van der Waals surface area contributed by atoms with Gasteiger partial charge in [-0.2, -0.15) is 4.68 Å². The Bertz CT molecular complexity index is 1050. The van der Waals surface area contributed by atoms with E-state index in [1.165, 1.54) is 7.11 Å². The molecule has 31 heavy (non-hydrogen) atoms. The minimum Gasteiger partial charge on any atom is -0.493 e. The van der Waals surface area contributed by atoms with Crippen molar-refractivity contribution in [3.05, 3.63) is 59.4 Å². The van der Waals surface area contributed by atoms with Gasteiger partial charge in [0.05, 0.1) is 40.0 Å². The first-order chi connectivity index (χ1) is 15.1. The predicted octanol–water partition coefficient (Wildman–Crippen LogP) is 2.34. The van der Waals surface area contributed by atoms with Crippen molar-refractivity contribution in [1.29, 1.82) is 0 Å². The number of hydrogen-bond donors (Lipinski definition) is 0. The van der Waals surface area contributed by atoms with Crippen LogP contribution in [0.2, 0.25) is 0 Å². The molecule has 1 atom stereocenters. The quantitative estimate of drug-likeness (QED) is 0.535. The molecule has 0 spiro atoms. The van der Waals surface area contributed by atoms with Crippen LogP contribution in [0.3, 0.4) is 0 Å². The topological polar surface area (TPSA) is 91.6 Å². The fourth-order valence-electron chi connectivity index (χ4n) is 4.01. The van der Waals surface area contributed by atoms with E-state index in [0.717, 1.165) is 29.8 Å². The van der Waals surface area contributed by atoms with Crippen LogP contribution in [-0.4, -0.2) is 59.0 Å². The van der Waals surface area contributed by atoms with Crippen molar-refractivity contribution in [2.45, 2.75) is 25.4 Å². The van der Waals surface area contributed by atoms with E-state index in [4.69, 9.17) is 14.2 Å². The van der Waals surface area contributed by atoms with Crippen LogP contribution >= 0.6 is 0 Å². The van der Waals surface area contributed by atoms with E-state index in [1.54, 1.807) is 18.9 Å². The van der Waals surface area contributed by atoms with Gasteiger partial charge in [-0.05, 0) is 52.2 Å². The Morgan fingerprint density at radius 3 is 2.55 bits per heavy atom. The molecule has 0 radical (unpaired) electrons. The lowest BCUT2D eigenvalue weighted by molar-refractivity contribution is -0.142. The number of ether oxygens (including phenoxy) is 3. The molecule has 0 amide bonds. The van der Waals surface area contributed by atoms with Crippen LogP contribution < -0.4 is 9.47 Å². The summed E-state index contributed by atoms with van der Waals surface area (Å²) in [7, 11) is 4.63. The first-order valence-electron chi connectivity index (χ1n) is 10.0. The van der Waals surface area contributed by atoms with E-state index in [1.807, 2.05) is 42.5 Å². The molecule has 1 aliphatic heterocycles. The molecule has 0 fully saturated rings. The summed E-state index contributed by atoms with van der Waals surface area (Å²) in [5.74, 6) is 1.73.